The second-order valence-electron chi connectivity index (χ2n) is 5.53. The van der Waals surface area contributed by atoms with Gasteiger partial charge in [-0.15, -0.1) is 5.10 Å². The van der Waals surface area contributed by atoms with E-state index in [9.17, 15) is 0 Å². The molecular formula is C16H20BrN3. The molecule has 0 radical (unpaired) electrons. The summed E-state index contributed by atoms with van der Waals surface area (Å²) in [5.74, 6) is 0.574. The van der Waals surface area contributed by atoms with Crippen LogP contribution in [0.1, 0.15) is 53.8 Å². The van der Waals surface area contributed by atoms with Crippen LogP contribution in [0.2, 0.25) is 0 Å². The zero-order valence-electron chi connectivity index (χ0n) is 11.8. The van der Waals surface area contributed by atoms with E-state index in [1.807, 2.05) is 4.68 Å². The number of benzene rings is 1. The molecule has 0 saturated heterocycles. The van der Waals surface area contributed by atoms with E-state index in [0.717, 1.165) is 18.7 Å². The van der Waals surface area contributed by atoms with Crippen LogP contribution in [0.4, 0.5) is 0 Å². The van der Waals surface area contributed by atoms with Gasteiger partial charge in [-0.3, -0.25) is 4.68 Å². The average Bonchev–Trinajstić information content (AvgIpc) is 2.95. The summed E-state index contributed by atoms with van der Waals surface area (Å²) in [7, 11) is 0. The predicted molar refractivity (Wildman–Crippen MR) is 84.1 cm³/mol. The Morgan fingerprint density at radius 2 is 2.25 bits per heavy atom. The Balaban J connectivity index is 1.77. The Morgan fingerprint density at radius 1 is 1.40 bits per heavy atom. The van der Waals surface area contributed by atoms with Crippen molar-refractivity contribution in [2.45, 2.75) is 49.9 Å². The maximum absolute atomic E-state index is 4.29. The molecule has 0 fully saturated rings. The standard InChI is InChI=1S/C16H20BrN3/c1-2-15(17)16-11-20(19-18-16)10-13-8-5-7-12-6-3-4-9-14(12)13/h3-4,6,9,11,13,15H,2,5,7-8,10H2,1H3. The summed E-state index contributed by atoms with van der Waals surface area (Å²) in [4.78, 5) is 0.315. The summed E-state index contributed by atoms with van der Waals surface area (Å²) in [6, 6.07) is 8.83. The van der Waals surface area contributed by atoms with Crippen LogP contribution in [0, 0.1) is 0 Å². The molecule has 0 aliphatic heterocycles. The second-order valence-corrected chi connectivity index (χ2v) is 6.63. The number of alkyl halides is 1. The van der Waals surface area contributed by atoms with Crippen LogP contribution in [-0.4, -0.2) is 15.0 Å². The van der Waals surface area contributed by atoms with Crippen LogP contribution in [-0.2, 0) is 13.0 Å². The zero-order chi connectivity index (χ0) is 13.9. The minimum Gasteiger partial charge on any atom is -0.252 e. The highest BCUT2D eigenvalue weighted by atomic mass is 79.9. The maximum atomic E-state index is 4.29. The van der Waals surface area contributed by atoms with E-state index in [4.69, 9.17) is 0 Å². The first-order valence-electron chi connectivity index (χ1n) is 7.40. The molecule has 20 heavy (non-hydrogen) atoms. The third kappa shape index (κ3) is 2.80. The van der Waals surface area contributed by atoms with E-state index in [2.05, 4.69) is 63.6 Å². The van der Waals surface area contributed by atoms with E-state index in [1.165, 1.54) is 30.4 Å². The number of hydrogen-bond donors (Lipinski definition) is 0. The second kappa shape index (κ2) is 6.08. The predicted octanol–water partition coefficient (Wildman–Crippen LogP) is 4.24. The molecule has 0 saturated carbocycles. The molecule has 106 valence electrons. The first kappa shape index (κ1) is 13.8. The number of halogens is 1. The normalized spacial score (nSPS) is 19.6. The number of nitrogens with zero attached hydrogens (tertiary/aromatic N) is 3. The van der Waals surface area contributed by atoms with E-state index >= 15 is 0 Å². The summed E-state index contributed by atoms with van der Waals surface area (Å²) in [6.45, 7) is 3.09. The van der Waals surface area contributed by atoms with Crippen LogP contribution in [0.5, 0.6) is 0 Å². The van der Waals surface area contributed by atoms with E-state index in [-0.39, 0.29) is 0 Å². The van der Waals surface area contributed by atoms with Crippen molar-refractivity contribution in [2.75, 3.05) is 0 Å². The van der Waals surface area contributed by atoms with Gasteiger partial charge in [-0.1, -0.05) is 52.3 Å². The molecule has 1 aromatic carbocycles. The van der Waals surface area contributed by atoms with Gasteiger partial charge in [0.1, 0.15) is 0 Å². The lowest BCUT2D eigenvalue weighted by molar-refractivity contribution is 0.449. The van der Waals surface area contributed by atoms with Gasteiger partial charge in [0.25, 0.3) is 0 Å². The lowest BCUT2D eigenvalue weighted by atomic mass is 9.83. The van der Waals surface area contributed by atoms with Gasteiger partial charge >= 0.3 is 0 Å². The largest absolute Gasteiger partial charge is 0.252 e. The number of hydrogen-bond acceptors (Lipinski definition) is 2. The summed E-state index contributed by atoms with van der Waals surface area (Å²) in [5, 5.41) is 8.56. The summed E-state index contributed by atoms with van der Waals surface area (Å²) >= 11 is 3.63. The number of fused-ring (bicyclic) bond motifs is 1. The third-order valence-corrected chi connectivity index (χ3v) is 5.25. The Bertz CT molecular complexity index is 579. The van der Waals surface area contributed by atoms with E-state index in [1.54, 1.807) is 0 Å². The van der Waals surface area contributed by atoms with Gasteiger partial charge in [-0.25, -0.2) is 0 Å². The van der Waals surface area contributed by atoms with Crippen molar-refractivity contribution in [1.82, 2.24) is 15.0 Å². The fourth-order valence-electron chi connectivity index (χ4n) is 3.03. The Hall–Kier alpha value is -1.16. The highest BCUT2D eigenvalue weighted by Gasteiger charge is 2.21. The molecule has 4 heteroatoms. The third-order valence-electron chi connectivity index (χ3n) is 4.14. The van der Waals surface area contributed by atoms with Gasteiger partial charge in [0.15, 0.2) is 0 Å². The van der Waals surface area contributed by atoms with Crippen molar-refractivity contribution >= 4 is 15.9 Å². The molecule has 0 amide bonds. The minimum absolute atomic E-state index is 0.315. The van der Waals surface area contributed by atoms with Crippen molar-refractivity contribution in [3.8, 4) is 0 Å². The van der Waals surface area contributed by atoms with E-state index < -0.39 is 0 Å². The average molecular weight is 334 g/mol. The quantitative estimate of drug-likeness (QED) is 0.783. The lowest BCUT2D eigenvalue weighted by Gasteiger charge is -2.25. The summed E-state index contributed by atoms with van der Waals surface area (Å²) in [6.07, 6.45) is 6.86. The SMILES string of the molecule is CCC(Br)c1cn(CC2CCCc3ccccc32)nn1. The first-order valence-corrected chi connectivity index (χ1v) is 8.31. The fourth-order valence-corrected chi connectivity index (χ4v) is 3.24. The monoisotopic (exact) mass is 333 g/mol. The molecule has 0 N–H and O–H groups in total. The molecule has 3 rings (SSSR count). The molecular weight excluding hydrogens is 314 g/mol. The van der Waals surface area contributed by atoms with Gasteiger partial charge in [0.05, 0.1) is 10.5 Å². The van der Waals surface area contributed by atoms with Crippen molar-refractivity contribution in [3.63, 3.8) is 0 Å². The number of rotatable bonds is 4. The van der Waals surface area contributed by atoms with Gasteiger partial charge < -0.3 is 0 Å². The van der Waals surface area contributed by atoms with E-state index in [0.29, 0.717) is 10.7 Å². The first-order chi connectivity index (χ1) is 9.78. The van der Waals surface area contributed by atoms with Gasteiger partial charge in [0, 0.05) is 18.7 Å². The summed E-state index contributed by atoms with van der Waals surface area (Å²) < 4.78 is 2.01. The van der Waals surface area contributed by atoms with Gasteiger partial charge in [0.2, 0.25) is 0 Å². The Labute approximate surface area is 128 Å². The number of aryl methyl sites for hydroxylation is 1. The van der Waals surface area contributed by atoms with Crippen LogP contribution >= 0.6 is 15.9 Å². The zero-order valence-corrected chi connectivity index (χ0v) is 13.4. The van der Waals surface area contributed by atoms with Crippen molar-refractivity contribution in [3.05, 3.63) is 47.3 Å². The van der Waals surface area contributed by atoms with Crippen molar-refractivity contribution in [1.29, 1.82) is 0 Å². The molecule has 2 unspecified atom stereocenters. The molecule has 2 aromatic rings. The molecule has 1 aliphatic rings. The topological polar surface area (TPSA) is 30.7 Å². The molecule has 0 bridgehead atoms. The lowest BCUT2D eigenvalue weighted by Crippen LogP contribution is -2.15. The number of aromatic nitrogens is 3. The van der Waals surface area contributed by atoms with Crippen molar-refractivity contribution in [2.24, 2.45) is 0 Å². The van der Waals surface area contributed by atoms with Gasteiger partial charge in [-0.05, 0) is 36.8 Å². The maximum Gasteiger partial charge on any atom is 0.0963 e. The smallest absolute Gasteiger partial charge is 0.0963 e. The molecule has 1 aromatic heterocycles. The van der Waals surface area contributed by atoms with Gasteiger partial charge in [-0.2, -0.15) is 0 Å². The highest BCUT2D eigenvalue weighted by Crippen LogP contribution is 2.32. The molecule has 1 heterocycles. The van der Waals surface area contributed by atoms with Crippen molar-refractivity contribution < 1.29 is 0 Å². The van der Waals surface area contributed by atoms with Crippen LogP contribution in [0.25, 0.3) is 0 Å². The minimum atomic E-state index is 0.315. The van der Waals surface area contributed by atoms with Crippen LogP contribution in [0.3, 0.4) is 0 Å². The Morgan fingerprint density at radius 3 is 3.10 bits per heavy atom. The summed E-state index contributed by atoms with van der Waals surface area (Å²) in [5.41, 5.74) is 4.05. The molecule has 3 nitrogen and oxygen atoms in total. The molecule has 1 aliphatic carbocycles. The Kier molecular flexibility index (Phi) is 4.20. The van der Waals surface area contributed by atoms with Crippen LogP contribution in [0.15, 0.2) is 30.5 Å². The fraction of sp³-hybridized carbons (Fsp3) is 0.500. The molecule has 0 spiro atoms. The van der Waals surface area contributed by atoms with Crippen LogP contribution < -0.4 is 0 Å². The highest BCUT2D eigenvalue weighted by molar-refractivity contribution is 9.09. The molecule has 2 atom stereocenters.